The number of likely N-dealkylation sites (N-methyl/N-ethyl adjacent to an activating group) is 1. The summed E-state index contributed by atoms with van der Waals surface area (Å²) < 4.78 is 5.21. The average Bonchev–Trinajstić information content (AvgIpc) is 2.62. The Morgan fingerprint density at radius 2 is 1.85 bits per heavy atom. The van der Waals surface area contributed by atoms with Gasteiger partial charge in [0.25, 0.3) is 0 Å². The van der Waals surface area contributed by atoms with Gasteiger partial charge in [0, 0.05) is 10.7 Å². The molecule has 7 heteroatoms. The molecular formula is C19H22ClN3O3. The number of methoxy groups -OCH3 is 1. The van der Waals surface area contributed by atoms with Crippen molar-refractivity contribution in [3.8, 4) is 5.75 Å². The molecule has 2 aromatic carbocycles. The molecule has 138 valence electrons. The molecule has 0 aliphatic rings. The molecule has 0 unspecified atom stereocenters. The molecule has 0 radical (unpaired) electrons. The minimum atomic E-state index is -0.484. The van der Waals surface area contributed by atoms with Crippen LogP contribution in [0.5, 0.6) is 5.75 Å². The summed E-state index contributed by atoms with van der Waals surface area (Å²) in [7, 11) is 3.23. The molecule has 0 aromatic heterocycles. The zero-order valence-electron chi connectivity index (χ0n) is 15.0. The van der Waals surface area contributed by atoms with Gasteiger partial charge in [-0.1, -0.05) is 29.8 Å². The Hall–Kier alpha value is -2.57. The molecule has 0 saturated heterocycles. The van der Waals surface area contributed by atoms with Crippen LogP contribution in [0, 0.1) is 0 Å². The fourth-order valence-electron chi connectivity index (χ4n) is 2.30. The first-order chi connectivity index (χ1) is 12.4. The Bertz CT molecular complexity index is 768. The third kappa shape index (κ3) is 5.47. The van der Waals surface area contributed by atoms with Crippen LogP contribution < -0.4 is 15.4 Å². The van der Waals surface area contributed by atoms with E-state index in [9.17, 15) is 9.59 Å². The number of nitrogens with zero attached hydrogens (tertiary/aromatic N) is 1. The van der Waals surface area contributed by atoms with Gasteiger partial charge in [-0.15, -0.1) is 0 Å². The van der Waals surface area contributed by atoms with Gasteiger partial charge in [0.05, 0.1) is 25.4 Å². The van der Waals surface area contributed by atoms with Gasteiger partial charge in [0.2, 0.25) is 11.8 Å². The quantitative estimate of drug-likeness (QED) is 0.779. The van der Waals surface area contributed by atoms with Crippen LogP contribution in [0.25, 0.3) is 0 Å². The van der Waals surface area contributed by atoms with Crippen LogP contribution in [0.2, 0.25) is 5.02 Å². The molecular weight excluding hydrogens is 354 g/mol. The molecule has 2 amide bonds. The summed E-state index contributed by atoms with van der Waals surface area (Å²) >= 11 is 5.96. The van der Waals surface area contributed by atoms with Crippen molar-refractivity contribution in [3.63, 3.8) is 0 Å². The predicted octanol–water partition coefficient (Wildman–Crippen LogP) is 3.25. The first-order valence-corrected chi connectivity index (χ1v) is 8.48. The van der Waals surface area contributed by atoms with E-state index in [0.717, 1.165) is 0 Å². The molecule has 6 nitrogen and oxygen atoms in total. The summed E-state index contributed by atoms with van der Waals surface area (Å²) in [6, 6.07) is 13.7. The van der Waals surface area contributed by atoms with Gasteiger partial charge >= 0.3 is 0 Å². The number of hydrogen-bond acceptors (Lipinski definition) is 4. The van der Waals surface area contributed by atoms with Crippen molar-refractivity contribution in [1.29, 1.82) is 0 Å². The monoisotopic (exact) mass is 375 g/mol. The molecule has 0 bridgehead atoms. The van der Waals surface area contributed by atoms with Crippen LogP contribution in [0.3, 0.4) is 0 Å². The summed E-state index contributed by atoms with van der Waals surface area (Å²) in [6.07, 6.45) is 0. The van der Waals surface area contributed by atoms with Gasteiger partial charge in [-0.2, -0.15) is 0 Å². The van der Waals surface area contributed by atoms with Crippen molar-refractivity contribution in [3.05, 3.63) is 53.6 Å². The highest BCUT2D eigenvalue weighted by molar-refractivity contribution is 6.31. The summed E-state index contributed by atoms with van der Waals surface area (Å²) in [6.45, 7) is 1.78. The van der Waals surface area contributed by atoms with Gasteiger partial charge < -0.3 is 15.4 Å². The van der Waals surface area contributed by atoms with E-state index in [2.05, 4.69) is 10.6 Å². The Morgan fingerprint density at radius 3 is 2.50 bits per heavy atom. The molecule has 0 aliphatic heterocycles. The first-order valence-electron chi connectivity index (χ1n) is 8.10. The fourth-order valence-corrected chi connectivity index (χ4v) is 2.47. The number of halogens is 1. The van der Waals surface area contributed by atoms with Crippen molar-refractivity contribution in [2.45, 2.75) is 13.0 Å². The summed E-state index contributed by atoms with van der Waals surface area (Å²) in [5, 5.41) is 6.07. The van der Waals surface area contributed by atoms with Crippen molar-refractivity contribution < 1.29 is 14.3 Å². The number of anilines is 2. The van der Waals surface area contributed by atoms with Crippen LogP contribution >= 0.6 is 11.6 Å². The molecule has 0 heterocycles. The van der Waals surface area contributed by atoms with Gasteiger partial charge in [0.1, 0.15) is 5.75 Å². The molecule has 2 rings (SSSR count). The number of carbonyl (C=O) groups is 2. The Morgan fingerprint density at radius 1 is 1.15 bits per heavy atom. The lowest BCUT2D eigenvalue weighted by Crippen LogP contribution is -2.43. The molecule has 0 aliphatic carbocycles. The Kier molecular flexibility index (Phi) is 7.00. The highest BCUT2D eigenvalue weighted by Crippen LogP contribution is 2.27. The van der Waals surface area contributed by atoms with E-state index < -0.39 is 6.04 Å². The van der Waals surface area contributed by atoms with E-state index in [1.54, 1.807) is 37.1 Å². The van der Waals surface area contributed by atoms with Gasteiger partial charge in [-0.05, 0) is 44.3 Å². The number of para-hydroxylation sites is 1. The minimum Gasteiger partial charge on any atom is -0.495 e. The van der Waals surface area contributed by atoms with E-state index in [1.807, 2.05) is 30.3 Å². The number of hydrogen-bond donors (Lipinski definition) is 2. The number of amides is 2. The maximum absolute atomic E-state index is 12.3. The summed E-state index contributed by atoms with van der Waals surface area (Å²) in [5.41, 5.74) is 1.20. The van der Waals surface area contributed by atoms with Gasteiger partial charge in [-0.25, -0.2) is 0 Å². The topological polar surface area (TPSA) is 70.7 Å². The molecule has 1 atom stereocenters. The number of benzene rings is 2. The van der Waals surface area contributed by atoms with E-state index in [-0.39, 0.29) is 18.4 Å². The second-order valence-corrected chi connectivity index (χ2v) is 6.28. The molecule has 26 heavy (non-hydrogen) atoms. The first kappa shape index (κ1) is 19.8. The summed E-state index contributed by atoms with van der Waals surface area (Å²) in [5.74, 6) is 0.0551. The molecule has 0 fully saturated rings. The fraction of sp³-hybridized carbons (Fsp3) is 0.263. The highest BCUT2D eigenvalue weighted by atomic mass is 35.5. The maximum atomic E-state index is 12.3. The SMILES string of the molecule is COc1ccc(Cl)cc1NC(=O)CN(C)[C@@H](C)C(=O)Nc1ccccc1. The largest absolute Gasteiger partial charge is 0.495 e. The molecule has 0 saturated carbocycles. The van der Waals surface area contributed by atoms with Crippen LogP contribution in [-0.2, 0) is 9.59 Å². The van der Waals surface area contributed by atoms with Crippen molar-refractivity contribution in [2.75, 3.05) is 31.3 Å². The second-order valence-electron chi connectivity index (χ2n) is 5.84. The number of carbonyl (C=O) groups excluding carboxylic acids is 2. The van der Waals surface area contributed by atoms with Crippen molar-refractivity contribution in [1.82, 2.24) is 4.90 Å². The maximum Gasteiger partial charge on any atom is 0.241 e. The van der Waals surface area contributed by atoms with Gasteiger partial charge in [-0.3, -0.25) is 14.5 Å². The third-order valence-electron chi connectivity index (χ3n) is 3.91. The number of ether oxygens (including phenoxy) is 1. The van der Waals surface area contributed by atoms with E-state index in [0.29, 0.717) is 22.1 Å². The van der Waals surface area contributed by atoms with Crippen LogP contribution in [0.1, 0.15) is 6.92 Å². The number of rotatable bonds is 7. The highest BCUT2D eigenvalue weighted by Gasteiger charge is 2.20. The lowest BCUT2D eigenvalue weighted by Gasteiger charge is -2.23. The van der Waals surface area contributed by atoms with E-state index in [4.69, 9.17) is 16.3 Å². The van der Waals surface area contributed by atoms with Crippen LogP contribution in [0.15, 0.2) is 48.5 Å². The lowest BCUT2D eigenvalue weighted by atomic mass is 10.2. The summed E-state index contributed by atoms with van der Waals surface area (Å²) in [4.78, 5) is 26.3. The third-order valence-corrected chi connectivity index (χ3v) is 4.15. The zero-order chi connectivity index (χ0) is 19.1. The molecule has 2 N–H and O–H groups in total. The minimum absolute atomic E-state index is 0.0407. The number of nitrogens with one attached hydrogen (secondary N) is 2. The van der Waals surface area contributed by atoms with E-state index in [1.165, 1.54) is 7.11 Å². The van der Waals surface area contributed by atoms with Crippen LogP contribution in [-0.4, -0.2) is 43.5 Å². The van der Waals surface area contributed by atoms with Crippen LogP contribution in [0.4, 0.5) is 11.4 Å². The smallest absolute Gasteiger partial charge is 0.241 e. The zero-order valence-corrected chi connectivity index (χ0v) is 15.7. The lowest BCUT2D eigenvalue weighted by molar-refractivity contribution is -0.122. The molecule has 2 aromatic rings. The predicted molar refractivity (Wildman–Crippen MR) is 104 cm³/mol. The van der Waals surface area contributed by atoms with Crippen molar-refractivity contribution in [2.24, 2.45) is 0 Å². The Balaban J connectivity index is 1.93. The Labute approximate surface area is 158 Å². The normalized spacial score (nSPS) is 11.7. The second kappa shape index (κ2) is 9.22. The average molecular weight is 376 g/mol. The molecule has 0 spiro atoms. The standard InChI is InChI=1S/C19H22ClN3O3/c1-13(19(25)21-15-7-5-4-6-8-15)23(2)12-18(24)22-16-11-14(20)9-10-17(16)26-3/h4-11,13H,12H2,1-3H3,(H,21,25)(H,22,24)/t13-/m0/s1. The van der Waals surface area contributed by atoms with E-state index >= 15 is 0 Å². The van der Waals surface area contributed by atoms with Crippen molar-refractivity contribution >= 4 is 34.8 Å². The van der Waals surface area contributed by atoms with Gasteiger partial charge in [0.15, 0.2) is 0 Å².